The monoisotopic (exact) mass is 207 g/mol. The normalized spacial score (nSPS) is 10.2. The zero-order chi connectivity index (χ0) is 10.8. The van der Waals surface area contributed by atoms with Gasteiger partial charge in [0.25, 0.3) is 0 Å². The van der Waals surface area contributed by atoms with Crippen molar-refractivity contribution in [3.63, 3.8) is 0 Å². The number of aromatic carboxylic acids is 1. The first-order valence-corrected chi connectivity index (χ1v) is 4.07. The van der Waals surface area contributed by atoms with Gasteiger partial charge < -0.3 is 5.11 Å². The number of nitrogens with one attached hydrogen (secondary N) is 1. The quantitative estimate of drug-likeness (QED) is 0.778. The van der Waals surface area contributed by atoms with Crippen molar-refractivity contribution in [1.29, 1.82) is 0 Å². The van der Waals surface area contributed by atoms with E-state index >= 15 is 0 Å². The largest absolute Gasteiger partial charge is 0.477 e. The van der Waals surface area contributed by atoms with Crippen molar-refractivity contribution in [2.75, 3.05) is 0 Å². The molecule has 6 heteroatoms. The van der Waals surface area contributed by atoms with Gasteiger partial charge in [0.2, 0.25) is 0 Å². The van der Waals surface area contributed by atoms with Crippen molar-refractivity contribution < 1.29 is 14.3 Å². The standard InChI is InChI=1S/C9H6FN3O2/c10-5-1-2-11-6(3-5)7-4-8(9(14)15)13-12-7/h1-4H,(H,12,13)(H,14,15). The lowest BCUT2D eigenvalue weighted by atomic mass is 10.2. The highest BCUT2D eigenvalue weighted by Gasteiger charge is 2.10. The lowest BCUT2D eigenvalue weighted by Gasteiger charge is -1.93. The maximum atomic E-state index is 12.8. The van der Waals surface area contributed by atoms with E-state index in [1.54, 1.807) is 0 Å². The summed E-state index contributed by atoms with van der Waals surface area (Å²) in [7, 11) is 0. The van der Waals surface area contributed by atoms with E-state index in [4.69, 9.17) is 5.11 Å². The third-order valence-electron chi connectivity index (χ3n) is 1.79. The van der Waals surface area contributed by atoms with Gasteiger partial charge in [-0.25, -0.2) is 9.18 Å². The molecular weight excluding hydrogens is 201 g/mol. The molecule has 5 nitrogen and oxygen atoms in total. The summed E-state index contributed by atoms with van der Waals surface area (Å²) in [6.07, 6.45) is 1.29. The Balaban J connectivity index is 2.41. The van der Waals surface area contributed by atoms with Crippen molar-refractivity contribution in [2.24, 2.45) is 0 Å². The van der Waals surface area contributed by atoms with E-state index in [9.17, 15) is 9.18 Å². The number of hydrogen-bond acceptors (Lipinski definition) is 3. The Kier molecular flexibility index (Phi) is 2.17. The van der Waals surface area contributed by atoms with Gasteiger partial charge in [-0.2, -0.15) is 5.10 Å². The molecule has 0 atom stereocenters. The molecule has 0 aliphatic carbocycles. The van der Waals surface area contributed by atoms with Crippen LogP contribution >= 0.6 is 0 Å². The second-order valence-electron chi connectivity index (χ2n) is 2.83. The minimum atomic E-state index is -1.12. The second-order valence-corrected chi connectivity index (χ2v) is 2.83. The van der Waals surface area contributed by atoms with Crippen LogP contribution < -0.4 is 0 Å². The van der Waals surface area contributed by atoms with Gasteiger partial charge in [0.15, 0.2) is 0 Å². The third-order valence-corrected chi connectivity index (χ3v) is 1.79. The van der Waals surface area contributed by atoms with Crippen LogP contribution in [0.25, 0.3) is 11.4 Å². The second kappa shape index (κ2) is 3.49. The Morgan fingerprint density at radius 1 is 1.40 bits per heavy atom. The molecule has 2 aromatic rings. The molecule has 2 heterocycles. The van der Waals surface area contributed by atoms with Crippen LogP contribution in [0.4, 0.5) is 4.39 Å². The molecule has 0 aromatic carbocycles. The molecule has 0 spiro atoms. The highest BCUT2D eigenvalue weighted by Crippen LogP contribution is 2.15. The number of rotatable bonds is 2. The number of pyridine rings is 1. The number of carboxylic acid groups (broad SMARTS) is 1. The van der Waals surface area contributed by atoms with E-state index in [1.165, 1.54) is 24.4 Å². The molecule has 0 fully saturated rings. The van der Waals surface area contributed by atoms with Gasteiger partial charge in [-0.05, 0) is 6.07 Å². The summed E-state index contributed by atoms with van der Waals surface area (Å²) < 4.78 is 12.8. The third kappa shape index (κ3) is 1.83. The Labute approximate surface area is 83.6 Å². The van der Waals surface area contributed by atoms with Gasteiger partial charge in [0.1, 0.15) is 17.2 Å². The zero-order valence-electron chi connectivity index (χ0n) is 7.44. The Morgan fingerprint density at radius 3 is 2.80 bits per heavy atom. The number of aromatic nitrogens is 3. The number of nitrogens with zero attached hydrogens (tertiary/aromatic N) is 2. The molecule has 0 amide bonds. The molecule has 0 saturated carbocycles. The van der Waals surface area contributed by atoms with Gasteiger partial charge in [-0.1, -0.05) is 0 Å². The molecule has 76 valence electrons. The average Bonchev–Trinajstić information content (AvgIpc) is 2.66. The van der Waals surface area contributed by atoms with Gasteiger partial charge in [-0.3, -0.25) is 10.1 Å². The van der Waals surface area contributed by atoms with E-state index in [0.29, 0.717) is 11.4 Å². The van der Waals surface area contributed by atoms with E-state index in [0.717, 1.165) is 0 Å². The van der Waals surface area contributed by atoms with Crippen LogP contribution in [-0.2, 0) is 0 Å². The number of carbonyl (C=O) groups is 1. The first kappa shape index (κ1) is 9.32. The fourth-order valence-electron chi connectivity index (χ4n) is 1.11. The van der Waals surface area contributed by atoms with Crippen molar-refractivity contribution in [3.8, 4) is 11.4 Å². The van der Waals surface area contributed by atoms with Gasteiger partial charge >= 0.3 is 5.97 Å². The van der Waals surface area contributed by atoms with Gasteiger partial charge in [0.05, 0.1) is 5.69 Å². The van der Waals surface area contributed by atoms with Crippen molar-refractivity contribution in [3.05, 3.63) is 35.9 Å². The van der Waals surface area contributed by atoms with Crippen LogP contribution in [0.2, 0.25) is 0 Å². The molecule has 0 saturated heterocycles. The van der Waals surface area contributed by atoms with Crippen LogP contribution in [-0.4, -0.2) is 26.3 Å². The van der Waals surface area contributed by atoms with Crippen molar-refractivity contribution >= 4 is 5.97 Å². The smallest absolute Gasteiger partial charge is 0.353 e. The minimum absolute atomic E-state index is 0.0592. The average molecular weight is 207 g/mol. The fourth-order valence-corrected chi connectivity index (χ4v) is 1.11. The van der Waals surface area contributed by atoms with Crippen LogP contribution in [0.1, 0.15) is 10.5 Å². The summed E-state index contributed by atoms with van der Waals surface area (Å²) in [6, 6.07) is 3.68. The van der Waals surface area contributed by atoms with Crippen molar-refractivity contribution in [1.82, 2.24) is 15.2 Å². The zero-order valence-corrected chi connectivity index (χ0v) is 7.44. The Hall–Kier alpha value is -2.24. The van der Waals surface area contributed by atoms with Crippen molar-refractivity contribution in [2.45, 2.75) is 0 Å². The minimum Gasteiger partial charge on any atom is -0.477 e. The Bertz CT molecular complexity index is 510. The van der Waals surface area contributed by atoms with Crippen LogP contribution in [0, 0.1) is 5.82 Å². The van der Waals surface area contributed by atoms with Crippen LogP contribution in [0.15, 0.2) is 24.4 Å². The van der Waals surface area contributed by atoms with Gasteiger partial charge in [-0.15, -0.1) is 0 Å². The molecule has 2 aromatic heterocycles. The predicted molar refractivity (Wildman–Crippen MR) is 48.7 cm³/mol. The molecule has 0 aliphatic rings. The first-order valence-electron chi connectivity index (χ1n) is 4.07. The number of H-pyrrole nitrogens is 1. The molecule has 2 rings (SSSR count). The number of hydrogen-bond donors (Lipinski definition) is 2. The highest BCUT2D eigenvalue weighted by molar-refractivity contribution is 5.86. The molecule has 2 N–H and O–H groups in total. The molecule has 0 radical (unpaired) electrons. The SMILES string of the molecule is O=C(O)c1cc(-c2cc(F)ccn2)n[nH]1. The van der Waals surface area contributed by atoms with Crippen LogP contribution in [0.3, 0.4) is 0 Å². The summed E-state index contributed by atoms with van der Waals surface area (Å²) in [6.45, 7) is 0. The summed E-state index contributed by atoms with van der Waals surface area (Å²) in [5.74, 6) is -1.56. The lowest BCUT2D eigenvalue weighted by Crippen LogP contribution is -1.95. The maximum absolute atomic E-state index is 12.8. The van der Waals surface area contributed by atoms with E-state index in [2.05, 4.69) is 15.2 Å². The highest BCUT2D eigenvalue weighted by atomic mass is 19.1. The molecule has 0 unspecified atom stereocenters. The summed E-state index contributed by atoms with van der Waals surface area (Å²) in [4.78, 5) is 14.4. The number of halogens is 1. The topological polar surface area (TPSA) is 78.9 Å². The number of aromatic amines is 1. The number of carboxylic acids is 1. The summed E-state index contributed by atoms with van der Waals surface area (Å²) >= 11 is 0. The Morgan fingerprint density at radius 2 is 2.20 bits per heavy atom. The molecule has 0 bridgehead atoms. The van der Waals surface area contributed by atoms with Gasteiger partial charge in [0, 0.05) is 18.3 Å². The van der Waals surface area contributed by atoms with Crippen LogP contribution in [0.5, 0.6) is 0 Å². The molecule has 15 heavy (non-hydrogen) atoms. The summed E-state index contributed by atoms with van der Waals surface area (Å²) in [5.41, 5.74) is 0.529. The van der Waals surface area contributed by atoms with E-state index in [-0.39, 0.29) is 5.69 Å². The first-order chi connectivity index (χ1) is 7.16. The fraction of sp³-hybridized carbons (Fsp3) is 0. The molecule has 0 aliphatic heterocycles. The van der Waals surface area contributed by atoms with E-state index < -0.39 is 11.8 Å². The summed E-state index contributed by atoms with van der Waals surface area (Å²) in [5, 5.41) is 14.7. The molecular formula is C9H6FN3O2. The predicted octanol–water partition coefficient (Wildman–Crippen LogP) is 1.31. The maximum Gasteiger partial charge on any atom is 0.353 e. The van der Waals surface area contributed by atoms with E-state index in [1.807, 2.05) is 0 Å². The lowest BCUT2D eigenvalue weighted by molar-refractivity contribution is 0.0690.